The number of piperazine rings is 1. The van der Waals surface area contributed by atoms with Crippen LogP contribution in [0.15, 0.2) is 24.3 Å². The number of aryl methyl sites for hydroxylation is 1. The third kappa shape index (κ3) is 3.22. The van der Waals surface area contributed by atoms with E-state index in [0.717, 1.165) is 13.1 Å². The number of hydrogen-bond acceptors (Lipinski definition) is 3. The zero-order valence-electron chi connectivity index (χ0n) is 13.5. The summed E-state index contributed by atoms with van der Waals surface area (Å²) in [6.45, 7) is 11.0. The Hall–Kier alpha value is -0.900. The highest BCUT2D eigenvalue weighted by Gasteiger charge is 2.33. The second kappa shape index (κ2) is 6.25. The van der Waals surface area contributed by atoms with Crippen LogP contribution in [0.1, 0.15) is 37.9 Å². The van der Waals surface area contributed by atoms with E-state index in [-0.39, 0.29) is 6.04 Å². The maximum atomic E-state index is 6.32. The fourth-order valence-electron chi connectivity index (χ4n) is 3.37. The van der Waals surface area contributed by atoms with Crippen LogP contribution >= 0.6 is 0 Å². The molecule has 1 aliphatic heterocycles. The average Bonchev–Trinajstić information content (AvgIpc) is 2.35. The van der Waals surface area contributed by atoms with Gasteiger partial charge in [-0.1, -0.05) is 29.8 Å². The molecule has 3 nitrogen and oxygen atoms in total. The van der Waals surface area contributed by atoms with Crippen LogP contribution in [0.25, 0.3) is 0 Å². The molecule has 4 unspecified atom stereocenters. The second-order valence-corrected chi connectivity index (χ2v) is 6.54. The van der Waals surface area contributed by atoms with Crippen molar-refractivity contribution in [2.24, 2.45) is 5.73 Å². The van der Waals surface area contributed by atoms with Gasteiger partial charge < -0.3 is 5.73 Å². The maximum Gasteiger partial charge on any atom is 0.0497 e. The number of rotatable bonds is 3. The first-order chi connectivity index (χ1) is 9.40. The molecule has 0 aromatic heterocycles. The highest BCUT2D eigenvalue weighted by Crippen LogP contribution is 2.28. The highest BCUT2D eigenvalue weighted by molar-refractivity contribution is 5.26. The molecular weight excluding hydrogens is 246 g/mol. The van der Waals surface area contributed by atoms with E-state index in [2.05, 4.69) is 68.8 Å². The molecular formula is C17H29N3. The first-order valence-corrected chi connectivity index (χ1v) is 7.68. The Bertz CT molecular complexity index is 432. The zero-order chi connectivity index (χ0) is 14.9. The van der Waals surface area contributed by atoms with E-state index < -0.39 is 0 Å². The van der Waals surface area contributed by atoms with Gasteiger partial charge in [-0.2, -0.15) is 0 Å². The minimum atomic E-state index is 0.139. The van der Waals surface area contributed by atoms with Crippen LogP contribution in [0, 0.1) is 6.92 Å². The van der Waals surface area contributed by atoms with Crippen molar-refractivity contribution < 1.29 is 0 Å². The van der Waals surface area contributed by atoms with E-state index in [4.69, 9.17) is 5.73 Å². The third-order valence-corrected chi connectivity index (χ3v) is 4.66. The molecule has 1 aromatic carbocycles. The predicted molar refractivity (Wildman–Crippen MR) is 85.8 cm³/mol. The largest absolute Gasteiger partial charge is 0.326 e. The van der Waals surface area contributed by atoms with Crippen LogP contribution in [0.4, 0.5) is 0 Å². The molecule has 1 fully saturated rings. The minimum Gasteiger partial charge on any atom is -0.326 e. The number of likely N-dealkylation sites (N-methyl/N-ethyl adjacent to an activating group) is 1. The highest BCUT2D eigenvalue weighted by atomic mass is 15.3. The van der Waals surface area contributed by atoms with Crippen molar-refractivity contribution >= 4 is 0 Å². The Morgan fingerprint density at radius 2 is 1.80 bits per heavy atom. The first kappa shape index (κ1) is 15.5. The fraction of sp³-hybridized carbons (Fsp3) is 0.647. The van der Waals surface area contributed by atoms with Gasteiger partial charge in [0.25, 0.3) is 0 Å². The van der Waals surface area contributed by atoms with Crippen molar-refractivity contribution in [2.75, 3.05) is 20.1 Å². The van der Waals surface area contributed by atoms with E-state index in [1.807, 2.05) is 0 Å². The van der Waals surface area contributed by atoms with E-state index in [0.29, 0.717) is 18.1 Å². The lowest BCUT2D eigenvalue weighted by molar-refractivity contribution is 0.0274. The van der Waals surface area contributed by atoms with Gasteiger partial charge in [-0.25, -0.2) is 0 Å². The van der Waals surface area contributed by atoms with Gasteiger partial charge in [-0.05, 0) is 40.3 Å². The van der Waals surface area contributed by atoms with Gasteiger partial charge in [0.15, 0.2) is 0 Å². The lowest BCUT2D eigenvalue weighted by Gasteiger charge is -2.46. The summed E-state index contributed by atoms with van der Waals surface area (Å²) in [5.41, 5.74) is 8.98. The van der Waals surface area contributed by atoms with Crippen LogP contribution in [0.5, 0.6) is 0 Å². The second-order valence-electron chi connectivity index (χ2n) is 6.54. The Labute approximate surface area is 123 Å². The number of hydrogen-bond donors (Lipinski definition) is 1. The third-order valence-electron chi connectivity index (χ3n) is 4.66. The van der Waals surface area contributed by atoms with Gasteiger partial charge in [0, 0.05) is 37.3 Å². The maximum absolute atomic E-state index is 6.32. The van der Waals surface area contributed by atoms with Gasteiger partial charge in [0.2, 0.25) is 0 Å². The summed E-state index contributed by atoms with van der Waals surface area (Å²) in [4.78, 5) is 5.03. The van der Waals surface area contributed by atoms with Crippen molar-refractivity contribution in [1.29, 1.82) is 0 Å². The van der Waals surface area contributed by atoms with Gasteiger partial charge >= 0.3 is 0 Å². The van der Waals surface area contributed by atoms with Crippen LogP contribution in [0.3, 0.4) is 0 Å². The predicted octanol–water partition coefficient (Wildman–Crippen LogP) is 2.41. The van der Waals surface area contributed by atoms with Gasteiger partial charge in [0.05, 0.1) is 0 Å². The lowest BCUT2D eigenvalue weighted by Crippen LogP contribution is -2.57. The molecule has 0 spiro atoms. The van der Waals surface area contributed by atoms with E-state index in [1.54, 1.807) is 0 Å². The summed E-state index contributed by atoms with van der Waals surface area (Å²) >= 11 is 0. The van der Waals surface area contributed by atoms with Gasteiger partial charge in [-0.15, -0.1) is 0 Å². The quantitative estimate of drug-likeness (QED) is 0.919. The van der Waals surface area contributed by atoms with E-state index in [1.165, 1.54) is 11.1 Å². The molecule has 2 rings (SSSR count). The van der Waals surface area contributed by atoms with Crippen LogP contribution in [0.2, 0.25) is 0 Å². The number of nitrogens with two attached hydrogens (primary N) is 1. The minimum absolute atomic E-state index is 0.139. The normalized spacial score (nSPS) is 28.3. The summed E-state index contributed by atoms with van der Waals surface area (Å²) in [7, 11) is 2.22. The molecule has 20 heavy (non-hydrogen) atoms. The molecule has 112 valence electrons. The molecule has 3 heteroatoms. The van der Waals surface area contributed by atoms with Gasteiger partial charge in [-0.3, -0.25) is 9.80 Å². The number of nitrogens with zero attached hydrogens (tertiary/aromatic N) is 2. The smallest absolute Gasteiger partial charge is 0.0497 e. The summed E-state index contributed by atoms with van der Waals surface area (Å²) in [6.07, 6.45) is 0. The molecule has 0 bridgehead atoms. The van der Waals surface area contributed by atoms with Crippen molar-refractivity contribution in [3.05, 3.63) is 35.4 Å². The van der Waals surface area contributed by atoms with Crippen LogP contribution < -0.4 is 5.73 Å². The Kier molecular flexibility index (Phi) is 4.84. The zero-order valence-corrected chi connectivity index (χ0v) is 13.5. The monoisotopic (exact) mass is 275 g/mol. The summed E-state index contributed by atoms with van der Waals surface area (Å²) in [5, 5.41) is 0. The molecule has 0 aliphatic carbocycles. The Morgan fingerprint density at radius 1 is 1.20 bits per heavy atom. The van der Waals surface area contributed by atoms with Gasteiger partial charge in [0.1, 0.15) is 0 Å². The molecule has 0 amide bonds. The molecule has 0 radical (unpaired) electrons. The van der Waals surface area contributed by atoms with Crippen molar-refractivity contribution in [1.82, 2.24) is 9.80 Å². The van der Waals surface area contributed by atoms with E-state index in [9.17, 15) is 0 Å². The average molecular weight is 275 g/mol. The molecule has 1 aromatic rings. The van der Waals surface area contributed by atoms with Crippen molar-refractivity contribution in [2.45, 2.75) is 51.9 Å². The van der Waals surface area contributed by atoms with Crippen molar-refractivity contribution in [3.8, 4) is 0 Å². The lowest BCUT2D eigenvalue weighted by atomic mass is 9.95. The SMILES string of the molecule is Cc1cccc(C(C(C)N)N2CC(C)N(C)C(C)C2)c1. The van der Waals surface area contributed by atoms with Crippen LogP contribution in [-0.2, 0) is 0 Å². The molecule has 1 saturated heterocycles. The standard InChI is InChI=1S/C17H29N3/c1-12-7-6-8-16(9-12)17(15(4)18)20-10-13(2)19(5)14(3)11-20/h6-9,13-15,17H,10-11,18H2,1-5H3. The van der Waals surface area contributed by atoms with Crippen LogP contribution in [-0.4, -0.2) is 48.1 Å². The summed E-state index contributed by atoms with van der Waals surface area (Å²) in [6, 6.07) is 10.4. The first-order valence-electron chi connectivity index (χ1n) is 7.68. The Morgan fingerprint density at radius 3 is 2.30 bits per heavy atom. The van der Waals surface area contributed by atoms with E-state index >= 15 is 0 Å². The fourth-order valence-corrected chi connectivity index (χ4v) is 3.37. The number of benzene rings is 1. The summed E-state index contributed by atoms with van der Waals surface area (Å²) < 4.78 is 0. The van der Waals surface area contributed by atoms with Crippen molar-refractivity contribution in [3.63, 3.8) is 0 Å². The molecule has 0 saturated carbocycles. The summed E-state index contributed by atoms with van der Waals surface area (Å²) in [5.74, 6) is 0. The molecule has 1 aliphatic rings. The molecule has 1 heterocycles. The Balaban J connectivity index is 2.25. The topological polar surface area (TPSA) is 32.5 Å². The molecule has 4 atom stereocenters. The molecule has 2 N–H and O–H groups in total.